The maximum absolute atomic E-state index is 13.7. The lowest BCUT2D eigenvalue weighted by atomic mass is 10.0. The summed E-state index contributed by atoms with van der Waals surface area (Å²) in [6, 6.07) is 16.1. The summed E-state index contributed by atoms with van der Waals surface area (Å²) in [5.41, 5.74) is 1.57. The fourth-order valence-electron chi connectivity index (χ4n) is 4.41. The van der Waals surface area contributed by atoms with E-state index in [0.717, 1.165) is 12.0 Å². The third kappa shape index (κ3) is 6.23. The van der Waals surface area contributed by atoms with Gasteiger partial charge < -0.3 is 28.7 Å². The molecule has 2 heterocycles. The van der Waals surface area contributed by atoms with E-state index in [-0.39, 0.29) is 31.0 Å². The molecule has 0 bridgehead atoms. The van der Waals surface area contributed by atoms with Crippen molar-refractivity contribution in [3.63, 3.8) is 0 Å². The van der Waals surface area contributed by atoms with Crippen molar-refractivity contribution in [1.82, 2.24) is 9.80 Å². The molecule has 0 fully saturated rings. The van der Waals surface area contributed by atoms with Gasteiger partial charge in [0.2, 0.25) is 5.91 Å². The zero-order chi connectivity index (χ0) is 26.2. The first kappa shape index (κ1) is 26.5. The molecule has 0 saturated carbocycles. The first-order valence-corrected chi connectivity index (χ1v) is 13.0. The van der Waals surface area contributed by atoms with Gasteiger partial charge in [-0.15, -0.1) is 11.3 Å². The van der Waals surface area contributed by atoms with Gasteiger partial charge in [-0.3, -0.25) is 9.59 Å². The van der Waals surface area contributed by atoms with Crippen LogP contribution in [-0.2, 0) is 16.0 Å². The van der Waals surface area contributed by atoms with Gasteiger partial charge in [0, 0.05) is 30.6 Å². The first-order valence-electron chi connectivity index (χ1n) is 12.1. The molecule has 0 saturated heterocycles. The second-order valence-electron chi connectivity index (χ2n) is 8.56. The Bertz CT molecular complexity index is 1200. The van der Waals surface area contributed by atoms with E-state index < -0.39 is 0 Å². The third-order valence-corrected chi connectivity index (χ3v) is 7.39. The number of fused-ring (bicyclic) bond motifs is 1. The summed E-state index contributed by atoms with van der Waals surface area (Å²) in [5, 5.41) is 2.05. The van der Waals surface area contributed by atoms with Gasteiger partial charge in [0.15, 0.2) is 11.5 Å². The molecule has 196 valence electrons. The standard InChI is InChI=1S/C28H32N2O6S/c1-33-16-15-29(28(32)20-8-10-21(34-2)11-9-20)18-27(31)30-14-12-26-22(13-17-37-26)23(30)19-36-25-7-5-4-6-24(25)35-3/h4-11,13,17,23H,12,14-16,18-19H2,1-3H3. The number of methoxy groups -OCH3 is 3. The molecule has 9 heteroatoms. The number of para-hydroxylation sites is 2. The minimum absolute atomic E-state index is 0.0567. The van der Waals surface area contributed by atoms with E-state index in [1.54, 1.807) is 56.9 Å². The average Bonchev–Trinajstić information content (AvgIpc) is 3.43. The van der Waals surface area contributed by atoms with Gasteiger partial charge in [0.25, 0.3) is 5.91 Å². The van der Waals surface area contributed by atoms with E-state index in [1.165, 1.54) is 9.78 Å². The SMILES string of the molecule is COCCN(CC(=O)N1CCc2sccc2C1COc1ccccc1OC)C(=O)c1ccc(OC)cc1. The van der Waals surface area contributed by atoms with Gasteiger partial charge in [0.05, 0.1) is 26.9 Å². The van der Waals surface area contributed by atoms with Crippen molar-refractivity contribution in [3.05, 3.63) is 76.0 Å². The number of nitrogens with zero attached hydrogens (tertiary/aromatic N) is 2. The third-order valence-electron chi connectivity index (χ3n) is 6.40. The largest absolute Gasteiger partial charge is 0.497 e. The maximum atomic E-state index is 13.7. The van der Waals surface area contributed by atoms with Gasteiger partial charge >= 0.3 is 0 Å². The number of hydrogen-bond donors (Lipinski definition) is 0. The molecule has 4 rings (SSSR count). The normalized spacial score (nSPS) is 14.6. The number of thiophene rings is 1. The van der Waals surface area contributed by atoms with Gasteiger partial charge in [-0.2, -0.15) is 0 Å². The molecule has 8 nitrogen and oxygen atoms in total. The Labute approximate surface area is 221 Å². The molecule has 2 aromatic carbocycles. The van der Waals surface area contributed by atoms with Crippen LogP contribution < -0.4 is 14.2 Å². The topological polar surface area (TPSA) is 77.5 Å². The molecule has 37 heavy (non-hydrogen) atoms. The van der Waals surface area contributed by atoms with E-state index >= 15 is 0 Å². The number of carbonyl (C=O) groups excluding carboxylic acids is 2. The van der Waals surface area contributed by atoms with Crippen LogP contribution in [0.5, 0.6) is 17.2 Å². The number of ether oxygens (including phenoxy) is 4. The zero-order valence-electron chi connectivity index (χ0n) is 21.3. The molecule has 1 aromatic heterocycles. The molecule has 0 aliphatic carbocycles. The molecule has 1 aliphatic rings. The Hall–Kier alpha value is -3.56. The summed E-state index contributed by atoms with van der Waals surface area (Å²) in [5.74, 6) is 1.55. The van der Waals surface area contributed by atoms with Crippen molar-refractivity contribution in [1.29, 1.82) is 0 Å². The summed E-state index contributed by atoms with van der Waals surface area (Å²) in [6.45, 7) is 1.40. The molecular formula is C28H32N2O6S. The van der Waals surface area contributed by atoms with E-state index in [9.17, 15) is 9.59 Å². The molecule has 0 spiro atoms. The monoisotopic (exact) mass is 524 g/mol. The molecule has 1 atom stereocenters. The molecule has 2 amide bonds. The lowest BCUT2D eigenvalue weighted by Crippen LogP contribution is -2.48. The smallest absolute Gasteiger partial charge is 0.254 e. The van der Waals surface area contributed by atoms with Crippen molar-refractivity contribution in [2.75, 3.05) is 54.2 Å². The van der Waals surface area contributed by atoms with Crippen LogP contribution in [-0.4, -0.2) is 75.8 Å². The van der Waals surface area contributed by atoms with Crippen molar-refractivity contribution in [2.24, 2.45) is 0 Å². The number of carbonyl (C=O) groups is 2. The molecular weight excluding hydrogens is 492 g/mol. The van der Waals surface area contributed by atoms with Crippen LogP contribution in [0, 0.1) is 0 Å². The van der Waals surface area contributed by atoms with Crippen LogP contribution in [0.4, 0.5) is 0 Å². The average molecular weight is 525 g/mol. The lowest BCUT2D eigenvalue weighted by molar-refractivity contribution is -0.135. The molecule has 3 aromatic rings. The summed E-state index contributed by atoms with van der Waals surface area (Å²) in [4.78, 5) is 31.6. The van der Waals surface area contributed by atoms with E-state index in [0.29, 0.717) is 42.5 Å². The van der Waals surface area contributed by atoms with Crippen molar-refractivity contribution >= 4 is 23.2 Å². The van der Waals surface area contributed by atoms with Gasteiger partial charge in [-0.25, -0.2) is 0 Å². The highest BCUT2D eigenvalue weighted by molar-refractivity contribution is 7.10. The molecule has 0 N–H and O–H groups in total. The summed E-state index contributed by atoms with van der Waals surface area (Å²) in [7, 11) is 4.75. The first-order chi connectivity index (χ1) is 18.0. The predicted molar refractivity (Wildman–Crippen MR) is 142 cm³/mol. The van der Waals surface area contributed by atoms with Crippen LogP contribution in [0.3, 0.4) is 0 Å². The molecule has 0 radical (unpaired) electrons. The number of rotatable bonds is 11. The fraction of sp³-hybridized carbons (Fsp3) is 0.357. The minimum Gasteiger partial charge on any atom is -0.497 e. The van der Waals surface area contributed by atoms with Crippen molar-refractivity contribution in [3.8, 4) is 17.2 Å². The Balaban J connectivity index is 1.53. The second-order valence-corrected chi connectivity index (χ2v) is 9.56. The maximum Gasteiger partial charge on any atom is 0.254 e. The Morgan fingerprint density at radius 3 is 2.46 bits per heavy atom. The number of amides is 2. The Morgan fingerprint density at radius 1 is 1.00 bits per heavy atom. The highest BCUT2D eigenvalue weighted by atomic mass is 32.1. The summed E-state index contributed by atoms with van der Waals surface area (Å²) >= 11 is 1.69. The van der Waals surface area contributed by atoms with Crippen LogP contribution >= 0.6 is 11.3 Å². The van der Waals surface area contributed by atoms with Crippen molar-refractivity contribution in [2.45, 2.75) is 12.5 Å². The van der Waals surface area contributed by atoms with E-state index in [2.05, 4.69) is 6.07 Å². The zero-order valence-corrected chi connectivity index (χ0v) is 22.2. The Morgan fingerprint density at radius 2 is 1.76 bits per heavy atom. The van der Waals surface area contributed by atoms with Crippen LogP contribution in [0.15, 0.2) is 60.0 Å². The van der Waals surface area contributed by atoms with Gasteiger partial charge in [0.1, 0.15) is 18.9 Å². The Kier molecular flexibility index (Phi) is 9.03. The fourth-order valence-corrected chi connectivity index (χ4v) is 5.33. The highest BCUT2D eigenvalue weighted by Gasteiger charge is 2.33. The summed E-state index contributed by atoms with van der Waals surface area (Å²) in [6.07, 6.45) is 0.772. The van der Waals surface area contributed by atoms with Crippen LogP contribution in [0.1, 0.15) is 26.8 Å². The quantitative estimate of drug-likeness (QED) is 0.377. The lowest BCUT2D eigenvalue weighted by Gasteiger charge is -2.37. The van der Waals surface area contributed by atoms with Crippen molar-refractivity contribution < 1.29 is 28.5 Å². The van der Waals surface area contributed by atoms with Gasteiger partial charge in [-0.1, -0.05) is 12.1 Å². The van der Waals surface area contributed by atoms with Crippen LogP contribution in [0.2, 0.25) is 0 Å². The number of hydrogen-bond acceptors (Lipinski definition) is 7. The summed E-state index contributed by atoms with van der Waals surface area (Å²) < 4.78 is 22.0. The molecule has 1 unspecified atom stereocenters. The predicted octanol–water partition coefficient (Wildman–Crippen LogP) is 4.06. The second kappa shape index (κ2) is 12.6. The molecule has 1 aliphatic heterocycles. The highest BCUT2D eigenvalue weighted by Crippen LogP contribution is 2.35. The van der Waals surface area contributed by atoms with E-state index in [4.69, 9.17) is 18.9 Å². The van der Waals surface area contributed by atoms with Crippen LogP contribution in [0.25, 0.3) is 0 Å². The number of benzene rings is 2. The van der Waals surface area contributed by atoms with Gasteiger partial charge in [-0.05, 0) is 59.8 Å². The van der Waals surface area contributed by atoms with E-state index in [1.807, 2.05) is 34.5 Å². The minimum atomic E-state index is -0.271.